The molecule has 2 N–H and O–H groups in total. The summed E-state index contributed by atoms with van der Waals surface area (Å²) >= 11 is 6.27. The molecular weight excluding hydrogens is 268 g/mol. The highest BCUT2D eigenvalue weighted by Crippen LogP contribution is 2.26. The smallest absolute Gasteiger partial charge is 0.0471 e. The van der Waals surface area contributed by atoms with E-state index in [0.717, 1.165) is 23.7 Å². The van der Waals surface area contributed by atoms with Gasteiger partial charge in [-0.2, -0.15) is 0 Å². The minimum Gasteiger partial charge on any atom is -0.329 e. The maximum atomic E-state index is 6.27. The highest BCUT2D eigenvalue weighted by atomic mass is 35.5. The molecule has 0 aliphatic rings. The molecule has 0 aliphatic carbocycles. The molecule has 0 spiro atoms. The molecule has 1 rings (SSSR count). The van der Waals surface area contributed by atoms with E-state index in [1.54, 1.807) is 0 Å². The molecule has 0 heterocycles. The summed E-state index contributed by atoms with van der Waals surface area (Å²) in [6.45, 7) is 13.8. The standard InChI is InChI=1S/C17H29ClN2/c1-12(2)10-20(11-13(3)4)17(9-19)15-7-6-14(5)16(18)8-15/h6-8,12-13,17H,9-11,19H2,1-5H3. The summed E-state index contributed by atoms with van der Waals surface area (Å²) < 4.78 is 0. The first-order valence-corrected chi connectivity index (χ1v) is 7.93. The fourth-order valence-electron chi connectivity index (χ4n) is 2.58. The van der Waals surface area contributed by atoms with Crippen LogP contribution in [0.2, 0.25) is 5.02 Å². The molecule has 0 radical (unpaired) electrons. The maximum Gasteiger partial charge on any atom is 0.0471 e. The van der Waals surface area contributed by atoms with Gasteiger partial charge in [0.05, 0.1) is 0 Å². The van der Waals surface area contributed by atoms with Gasteiger partial charge in [0.25, 0.3) is 0 Å². The van der Waals surface area contributed by atoms with Gasteiger partial charge in [0.2, 0.25) is 0 Å². The predicted octanol–water partition coefficient (Wildman–Crippen LogP) is 4.26. The Morgan fingerprint density at radius 1 is 1.10 bits per heavy atom. The Morgan fingerprint density at radius 3 is 2.05 bits per heavy atom. The van der Waals surface area contributed by atoms with Crippen molar-refractivity contribution in [1.29, 1.82) is 0 Å². The number of rotatable bonds is 7. The van der Waals surface area contributed by atoms with Crippen LogP contribution in [-0.4, -0.2) is 24.5 Å². The van der Waals surface area contributed by atoms with Gasteiger partial charge >= 0.3 is 0 Å². The third-order valence-corrected chi connectivity index (χ3v) is 3.85. The van der Waals surface area contributed by atoms with E-state index in [9.17, 15) is 0 Å². The van der Waals surface area contributed by atoms with E-state index in [-0.39, 0.29) is 6.04 Å². The van der Waals surface area contributed by atoms with Crippen molar-refractivity contribution in [3.8, 4) is 0 Å². The van der Waals surface area contributed by atoms with Crippen LogP contribution < -0.4 is 5.73 Å². The van der Waals surface area contributed by atoms with Gasteiger partial charge in [0.15, 0.2) is 0 Å². The molecule has 0 aromatic heterocycles. The van der Waals surface area contributed by atoms with E-state index in [1.165, 1.54) is 5.56 Å². The molecule has 0 bridgehead atoms. The summed E-state index contributed by atoms with van der Waals surface area (Å²) in [5.41, 5.74) is 8.40. The Bertz CT molecular complexity index is 405. The molecule has 1 unspecified atom stereocenters. The minimum absolute atomic E-state index is 0.248. The minimum atomic E-state index is 0.248. The average molecular weight is 297 g/mol. The molecular formula is C17H29ClN2. The number of hydrogen-bond acceptors (Lipinski definition) is 2. The van der Waals surface area contributed by atoms with E-state index in [0.29, 0.717) is 18.4 Å². The first-order valence-electron chi connectivity index (χ1n) is 7.55. The van der Waals surface area contributed by atoms with Gasteiger partial charge < -0.3 is 5.73 Å². The van der Waals surface area contributed by atoms with Crippen molar-refractivity contribution < 1.29 is 0 Å². The van der Waals surface area contributed by atoms with Crippen molar-refractivity contribution in [2.45, 2.75) is 40.7 Å². The van der Waals surface area contributed by atoms with Gasteiger partial charge in [0.1, 0.15) is 0 Å². The van der Waals surface area contributed by atoms with Crippen LogP contribution in [0, 0.1) is 18.8 Å². The van der Waals surface area contributed by atoms with Crippen molar-refractivity contribution >= 4 is 11.6 Å². The fraction of sp³-hybridized carbons (Fsp3) is 0.647. The Balaban J connectivity index is 3.01. The van der Waals surface area contributed by atoms with Crippen LogP contribution in [0.25, 0.3) is 0 Å². The second-order valence-corrected chi connectivity index (χ2v) is 6.91. The molecule has 1 aromatic carbocycles. The van der Waals surface area contributed by atoms with Crippen LogP contribution in [0.1, 0.15) is 44.9 Å². The normalized spacial score (nSPS) is 13.5. The monoisotopic (exact) mass is 296 g/mol. The lowest BCUT2D eigenvalue weighted by Gasteiger charge is -2.34. The molecule has 114 valence electrons. The lowest BCUT2D eigenvalue weighted by Crippen LogP contribution is -2.38. The summed E-state index contributed by atoms with van der Waals surface area (Å²) in [7, 11) is 0. The molecule has 0 fully saturated rings. The van der Waals surface area contributed by atoms with Crippen molar-refractivity contribution in [2.24, 2.45) is 17.6 Å². The Labute approximate surface area is 129 Å². The van der Waals surface area contributed by atoms with Gasteiger partial charge in [-0.3, -0.25) is 4.90 Å². The zero-order valence-corrected chi connectivity index (χ0v) is 14.2. The number of nitrogens with zero attached hydrogens (tertiary/aromatic N) is 1. The van der Waals surface area contributed by atoms with E-state index in [2.05, 4.69) is 50.8 Å². The van der Waals surface area contributed by atoms with Gasteiger partial charge in [-0.1, -0.05) is 51.4 Å². The summed E-state index contributed by atoms with van der Waals surface area (Å²) in [5.74, 6) is 1.26. The summed E-state index contributed by atoms with van der Waals surface area (Å²) in [6.07, 6.45) is 0. The molecule has 1 aromatic rings. The predicted molar refractivity (Wildman–Crippen MR) is 89.2 cm³/mol. The molecule has 0 amide bonds. The maximum absolute atomic E-state index is 6.27. The topological polar surface area (TPSA) is 29.3 Å². The van der Waals surface area contributed by atoms with Gasteiger partial charge in [0, 0.05) is 30.7 Å². The van der Waals surface area contributed by atoms with Crippen LogP contribution in [0.4, 0.5) is 0 Å². The van der Waals surface area contributed by atoms with Crippen molar-refractivity contribution in [3.63, 3.8) is 0 Å². The Kier molecular flexibility index (Phi) is 7.01. The zero-order valence-electron chi connectivity index (χ0n) is 13.5. The van der Waals surface area contributed by atoms with Gasteiger partial charge in [-0.25, -0.2) is 0 Å². The average Bonchev–Trinajstić information content (AvgIpc) is 2.33. The van der Waals surface area contributed by atoms with Crippen LogP contribution >= 0.6 is 11.6 Å². The van der Waals surface area contributed by atoms with E-state index in [1.807, 2.05) is 6.92 Å². The molecule has 1 atom stereocenters. The molecule has 3 heteroatoms. The first-order chi connectivity index (χ1) is 9.35. The van der Waals surface area contributed by atoms with E-state index < -0.39 is 0 Å². The zero-order chi connectivity index (χ0) is 15.3. The Hall–Kier alpha value is -0.570. The third kappa shape index (κ3) is 5.08. The van der Waals surface area contributed by atoms with Crippen LogP contribution in [-0.2, 0) is 0 Å². The number of benzene rings is 1. The third-order valence-electron chi connectivity index (χ3n) is 3.44. The molecule has 0 saturated heterocycles. The quantitative estimate of drug-likeness (QED) is 0.814. The molecule has 0 aliphatic heterocycles. The van der Waals surface area contributed by atoms with E-state index in [4.69, 9.17) is 17.3 Å². The summed E-state index contributed by atoms with van der Waals surface area (Å²) in [4.78, 5) is 2.50. The van der Waals surface area contributed by atoms with Crippen molar-refractivity contribution in [2.75, 3.05) is 19.6 Å². The Morgan fingerprint density at radius 2 is 1.65 bits per heavy atom. The van der Waals surface area contributed by atoms with E-state index >= 15 is 0 Å². The largest absolute Gasteiger partial charge is 0.329 e. The second-order valence-electron chi connectivity index (χ2n) is 6.50. The lowest BCUT2D eigenvalue weighted by molar-refractivity contribution is 0.160. The summed E-state index contributed by atoms with van der Waals surface area (Å²) in [6, 6.07) is 6.57. The highest BCUT2D eigenvalue weighted by Gasteiger charge is 2.21. The number of nitrogens with two attached hydrogens (primary N) is 1. The second kappa shape index (κ2) is 8.02. The SMILES string of the molecule is Cc1ccc(C(CN)N(CC(C)C)CC(C)C)cc1Cl. The fourth-order valence-corrected chi connectivity index (χ4v) is 2.77. The van der Waals surface area contributed by atoms with Crippen LogP contribution in [0.5, 0.6) is 0 Å². The van der Waals surface area contributed by atoms with Crippen molar-refractivity contribution in [1.82, 2.24) is 4.90 Å². The summed E-state index contributed by atoms with van der Waals surface area (Å²) in [5, 5.41) is 0.829. The number of aryl methyl sites for hydroxylation is 1. The van der Waals surface area contributed by atoms with Crippen molar-refractivity contribution in [3.05, 3.63) is 34.3 Å². The molecule has 0 saturated carbocycles. The number of halogens is 1. The highest BCUT2D eigenvalue weighted by molar-refractivity contribution is 6.31. The first kappa shape index (κ1) is 17.5. The van der Waals surface area contributed by atoms with Gasteiger partial charge in [-0.15, -0.1) is 0 Å². The van der Waals surface area contributed by atoms with Crippen LogP contribution in [0.15, 0.2) is 18.2 Å². The van der Waals surface area contributed by atoms with Gasteiger partial charge in [-0.05, 0) is 36.0 Å². The number of hydrogen-bond donors (Lipinski definition) is 1. The molecule has 2 nitrogen and oxygen atoms in total. The lowest BCUT2D eigenvalue weighted by atomic mass is 10.0. The molecule has 20 heavy (non-hydrogen) atoms. The van der Waals surface area contributed by atoms with Crippen LogP contribution in [0.3, 0.4) is 0 Å².